The van der Waals surface area contributed by atoms with Gasteiger partial charge in [-0.05, 0) is 29.5 Å². The first-order chi connectivity index (χ1) is 5.02. The fourth-order valence-electron chi connectivity index (χ4n) is 1.36. The fraction of sp³-hybridized carbons (Fsp3) is 0.455. The van der Waals surface area contributed by atoms with Crippen molar-refractivity contribution >= 4 is 0 Å². The molecular formula is C11H15. The second-order valence-electron chi connectivity index (χ2n) is 3.99. The molecule has 1 rings (SSSR count). The van der Waals surface area contributed by atoms with Crippen LogP contribution in [0.2, 0.25) is 0 Å². The molecule has 1 aromatic carbocycles. The minimum Gasteiger partial charge on any atom is -0.0576 e. The van der Waals surface area contributed by atoms with Gasteiger partial charge < -0.3 is 0 Å². The maximum atomic E-state index is 3.07. The standard InChI is InChI=1S/C11H15/c1-9-7-5-6-8-10(9)11(2,3)4/h6-8H,1-4H3. The van der Waals surface area contributed by atoms with Gasteiger partial charge in [-0.3, -0.25) is 0 Å². The lowest BCUT2D eigenvalue weighted by Gasteiger charge is -2.20. The minimum absolute atomic E-state index is 0.263. The molecule has 0 spiro atoms. The summed E-state index contributed by atoms with van der Waals surface area (Å²) in [5.74, 6) is 0. The highest BCUT2D eigenvalue weighted by atomic mass is 14.2. The number of hydrogen-bond acceptors (Lipinski definition) is 0. The van der Waals surface area contributed by atoms with Crippen LogP contribution < -0.4 is 0 Å². The summed E-state index contributed by atoms with van der Waals surface area (Å²) >= 11 is 0. The number of benzene rings is 1. The molecule has 0 saturated heterocycles. The zero-order valence-electron chi connectivity index (χ0n) is 7.73. The maximum Gasteiger partial charge on any atom is -0.0129 e. The number of hydrogen-bond donors (Lipinski definition) is 0. The Hall–Kier alpha value is -0.780. The van der Waals surface area contributed by atoms with Crippen LogP contribution in [0.4, 0.5) is 0 Å². The van der Waals surface area contributed by atoms with Gasteiger partial charge in [0.1, 0.15) is 0 Å². The van der Waals surface area contributed by atoms with Crippen LogP contribution in [0.25, 0.3) is 0 Å². The Labute approximate surface area is 69.3 Å². The molecule has 0 nitrogen and oxygen atoms in total. The zero-order chi connectivity index (χ0) is 8.48. The largest absolute Gasteiger partial charge is 0.0576 e. The average Bonchev–Trinajstić information content (AvgIpc) is 1.86. The van der Waals surface area contributed by atoms with Crippen molar-refractivity contribution in [2.45, 2.75) is 33.1 Å². The van der Waals surface area contributed by atoms with Gasteiger partial charge in [-0.2, -0.15) is 0 Å². The SMILES string of the molecule is Cc1c[c]ccc1C(C)(C)C. The molecule has 1 aromatic rings. The first-order valence-corrected chi connectivity index (χ1v) is 3.99. The van der Waals surface area contributed by atoms with Crippen molar-refractivity contribution in [2.24, 2.45) is 0 Å². The summed E-state index contributed by atoms with van der Waals surface area (Å²) < 4.78 is 0. The van der Waals surface area contributed by atoms with Crippen molar-refractivity contribution in [3.8, 4) is 0 Å². The molecule has 0 heterocycles. The van der Waals surface area contributed by atoms with E-state index in [9.17, 15) is 0 Å². The fourth-order valence-corrected chi connectivity index (χ4v) is 1.36. The first kappa shape index (κ1) is 8.32. The van der Waals surface area contributed by atoms with E-state index in [2.05, 4.69) is 39.8 Å². The van der Waals surface area contributed by atoms with Crippen molar-refractivity contribution in [3.05, 3.63) is 35.4 Å². The lowest BCUT2D eigenvalue weighted by atomic mass is 9.84. The topological polar surface area (TPSA) is 0 Å². The summed E-state index contributed by atoms with van der Waals surface area (Å²) in [5, 5.41) is 0. The van der Waals surface area contributed by atoms with Crippen LogP contribution in [0.1, 0.15) is 31.9 Å². The highest BCUT2D eigenvalue weighted by Gasteiger charge is 2.14. The summed E-state index contributed by atoms with van der Waals surface area (Å²) in [4.78, 5) is 0. The molecule has 0 bridgehead atoms. The van der Waals surface area contributed by atoms with E-state index in [0.29, 0.717) is 0 Å². The molecule has 0 atom stereocenters. The molecular weight excluding hydrogens is 132 g/mol. The third kappa shape index (κ3) is 1.83. The van der Waals surface area contributed by atoms with Crippen LogP contribution in [-0.2, 0) is 5.41 Å². The summed E-state index contributed by atoms with van der Waals surface area (Å²) in [6.07, 6.45) is 0. The first-order valence-electron chi connectivity index (χ1n) is 3.99. The molecule has 0 aromatic heterocycles. The van der Waals surface area contributed by atoms with E-state index in [0.717, 1.165) is 0 Å². The van der Waals surface area contributed by atoms with E-state index in [4.69, 9.17) is 0 Å². The monoisotopic (exact) mass is 147 g/mol. The maximum absolute atomic E-state index is 3.07. The molecule has 59 valence electrons. The minimum atomic E-state index is 0.263. The van der Waals surface area contributed by atoms with Crippen molar-refractivity contribution in [1.29, 1.82) is 0 Å². The van der Waals surface area contributed by atoms with Crippen molar-refractivity contribution in [3.63, 3.8) is 0 Å². The van der Waals surface area contributed by atoms with E-state index in [-0.39, 0.29) is 5.41 Å². The molecule has 0 aliphatic carbocycles. The van der Waals surface area contributed by atoms with Crippen molar-refractivity contribution in [2.75, 3.05) is 0 Å². The Balaban J connectivity index is 3.14. The molecule has 1 radical (unpaired) electrons. The summed E-state index contributed by atoms with van der Waals surface area (Å²) in [6.45, 7) is 8.83. The Morgan fingerprint density at radius 2 is 1.91 bits per heavy atom. The van der Waals surface area contributed by atoms with Crippen LogP contribution in [0.5, 0.6) is 0 Å². The third-order valence-electron chi connectivity index (χ3n) is 1.88. The summed E-state index contributed by atoms with van der Waals surface area (Å²) in [5.41, 5.74) is 3.01. The van der Waals surface area contributed by atoms with E-state index in [1.807, 2.05) is 12.1 Å². The Kier molecular flexibility index (Phi) is 2.03. The third-order valence-corrected chi connectivity index (χ3v) is 1.88. The molecule has 0 fully saturated rings. The summed E-state index contributed by atoms with van der Waals surface area (Å²) in [7, 11) is 0. The zero-order valence-corrected chi connectivity index (χ0v) is 7.73. The van der Waals surface area contributed by atoms with E-state index >= 15 is 0 Å². The van der Waals surface area contributed by atoms with Crippen LogP contribution in [0.3, 0.4) is 0 Å². The molecule has 0 amide bonds. The molecule has 0 unspecified atom stereocenters. The normalized spacial score (nSPS) is 11.6. The highest BCUT2D eigenvalue weighted by Crippen LogP contribution is 2.24. The molecule has 0 N–H and O–H groups in total. The van der Waals surface area contributed by atoms with Gasteiger partial charge in [0.05, 0.1) is 0 Å². The van der Waals surface area contributed by atoms with Gasteiger partial charge >= 0.3 is 0 Å². The van der Waals surface area contributed by atoms with Gasteiger partial charge in [0.25, 0.3) is 0 Å². The second kappa shape index (κ2) is 2.69. The van der Waals surface area contributed by atoms with E-state index in [1.54, 1.807) is 0 Å². The van der Waals surface area contributed by atoms with Gasteiger partial charge in [-0.15, -0.1) is 0 Å². The number of rotatable bonds is 0. The molecule has 0 saturated carbocycles. The predicted molar refractivity (Wildman–Crippen MR) is 48.7 cm³/mol. The van der Waals surface area contributed by atoms with Gasteiger partial charge in [0.2, 0.25) is 0 Å². The van der Waals surface area contributed by atoms with Crippen LogP contribution in [0, 0.1) is 13.0 Å². The molecule has 0 aliphatic heterocycles. The Morgan fingerprint density at radius 3 is 2.27 bits per heavy atom. The lowest BCUT2D eigenvalue weighted by Crippen LogP contribution is -2.12. The van der Waals surface area contributed by atoms with Gasteiger partial charge in [-0.1, -0.05) is 39.0 Å². The highest BCUT2D eigenvalue weighted by molar-refractivity contribution is 5.30. The van der Waals surface area contributed by atoms with Gasteiger partial charge in [0, 0.05) is 0 Å². The Bertz CT molecular complexity index is 240. The van der Waals surface area contributed by atoms with Gasteiger partial charge in [-0.25, -0.2) is 0 Å². The molecule has 0 heteroatoms. The Morgan fingerprint density at radius 1 is 1.27 bits per heavy atom. The van der Waals surface area contributed by atoms with Crippen LogP contribution in [-0.4, -0.2) is 0 Å². The summed E-state index contributed by atoms with van der Waals surface area (Å²) in [6, 6.07) is 9.24. The van der Waals surface area contributed by atoms with Gasteiger partial charge in [0.15, 0.2) is 0 Å². The smallest absolute Gasteiger partial charge is 0.0129 e. The van der Waals surface area contributed by atoms with Crippen molar-refractivity contribution in [1.82, 2.24) is 0 Å². The quantitative estimate of drug-likeness (QED) is 0.529. The molecule has 11 heavy (non-hydrogen) atoms. The van der Waals surface area contributed by atoms with Crippen molar-refractivity contribution < 1.29 is 0 Å². The van der Waals surface area contributed by atoms with Crippen LogP contribution >= 0.6 is 0 Å². The van der Waals surface area contributed by atoms with E-state index < -0.39 is 0 Å². The van der Waals surface area contributed by atoms with E-state index in [1.165, 1.54) is 11.1 Å². The predicted octanol–water partition coefficient (Wildman–Crippen LogP) is 3.09. The average molecular weight is 147 g/mol. The lowest BCUT2D eigenvalue weighted by molar-refractivity contribution is 0.586. The second-order valence-corrected chi connectivity index (χ2v) is 3.99. The van der Waals surface area contributed by atoms with Crippen LogP contribution in [0.15, 0.2) is 18.2 Å². The molecule has 0 aliphatic rings. The number of aryl methyl sites for hydroxylation is 1.